The van der Waals surface area contributed by atoms with Gasteiger partial charge in [0.15, 0.2) is 0 Å². The van der Waals surface area contributed by atoms with Crippen molar-refractivity contribution in [3.05, 3.63) is 24.0 Å². The smallest absolute Gasteiger partial charge is 0.208 e. The first-order chi connectivity index (χ1) is 10.8. The third-order valence-electron chi connectivity index (χ3n) is 4.31. The molecule has 4 nitrogen and oxygen atoms in total. The number of rotatable bonds is 7. The number of pyridine rings is 1. The number of nitrogens with zero attached hydrogens (tertiary/aromatic N) is 4. The standard InChI is InChI=1S/C17H24N4S/c1-3-4-10-21(12-14-6-5-7-14)17-20-19-16(22-17)15-8-9-18-13(2)11-15/h8-9,11,14H,3-7,10,12H2,1-2H3. The molecule has 0 unspecified atom stereocenters. The fraction of sp³-hybridized carbons (Fsp3) is 0.588. The zero-order chi connectivity index (χ0) is 15.4. The Morgan fingerprint density at radius 1 is 1.32 bits per heavy atom. The van der Waals surface area contributed by atoms with E-state index in [0.29, 0.717) is 0 Å². The SMILES string of the molecule is CCCCN(CC1CCC1)c1nnc(-c2ccnc(C)c2)s1. The lowest BCUT2D eigenvalue weighted by Gasteiger charge is -2.32. The van der Waals surface area contributed by atoms with E-state index < -0.39 is 0 Å². The van der Waals surface area contributed by atoms with Crippen molar-refractivity contribution in [2.75, 3.05) is 18.0 Å². The summed E-state index contributed by atoms with van der Waals surface area (Å²) in [5.74, 6) is 0.854. The van der Waals surface area contributed by atoms with Crippen molar-refractivity contribution in [3.63, 3.8) is 0 Å². The van der Waals surface area contributed by atoms with E-state index in [1.54, 1.807) is 11.3 Å². The second-order valence-corrected chi connectivity index (χ2v) is 7.13. The van der Waals surface area contributed by atoms with Crippen molar-refractivity contribution >= 4 is 16.5 Å². The molecule has 1 aliphatic carbocycles. The maximum Gasteiger partial charge on any atom is 0.208 e. The van der Waals surface area contributed by atoms with Gasteiger partial charge in [-0.2, -0.15) is 0 Å². The minimum atomic E-state index is 0.854. The van der Waals surface area contributed by atoms with Crippen LogP contribution in [0.4, 0.5) is 5.13 Å². The summed E-state index contributed by atoms with van der Waals surface area (Å²) in [5.41, 5.74) is 2.14. The average Bonchev–Trinajstić information content (AvgIpc) is 2.95. The van der Waals surface area contributed by atoms with Crippen LogP contribution in [0.1, 0.15) is 44.7 Å². The predicted molar refractivity (Wildman–Crippen MR) is 92.3 cm³/mol. The number of aromatic nitrogens is 3. The van der Waals surface area contributed by atoms with Gasteiger partial charge in [0.05, 0.1) is 0 Å². The molecule has 0 radical (unpaired) electrons. The maximum absolute atomic E-state index is 4.46. The minimum absolute atomic E-state index is 0.854. The van der Waals surface area contributed by atoms with E-state index >= 15 is 0 Å². The van der Waals surface area contributed by atoms with E-state index in [-0.39, 0.29) is 0 Å². The number of aryl methyl sites for hydroxylation is 1. The van der Waals surface area contributed by atoms with Gasteiger partial charge in [-0.25, -0.2) is 0 Å². The lowest BCUT2D eigenvalue weighted by atomic mass is 9.85. The molecule has 1 saturated carbocycles. The van der Waals surface area contributed by atoms with Crippen molar-refractivity contribution in [1.29, 1.82) is 0 Å². The molecule has 1 fully saturated rings. The zero-order valence-electron chi connectivity index (χ0n) is 13.5. The molecule has 0 amide bonds. The average molecular weight is 316 g/mol. The fourth-order valence-electron chi connectivity index (χ4n) is 2.74. The van der Waals surface area contributed by atoms with Gasteiger partial charge in [-0.1, -0.05) is 31.1 Å². The highest BCUT2D eigenvalue weighted by atomic mass is 32.1. The number of unbranched alkanes of at least 4 members (excludes halogenated alkanes) is 1. The lowest BCUT2D eigenvalue weighted by Crippen LogP contribution is -2.33. The topological polar surface area (TPSA) is 41.9 Å². The maximum atomic E-state index is 4.46. The highest BCUT2D eigenvalue weighted by molar-refractivity contribution is 7.18. The van der Waals surface area contributed by atoms with Crippen molar-refractivity contribution in [3.8, 4) is 10.6 Å². The number of hydrogen-bond acceptors (Lipinski definition) is 5. The first kappa shape index (κ1) is 15.4. The summed E-state index contributed by atoms with van der Waals surface area (Å²) in [6.45, 7) is 6.49. The second-order valence-electron chi connectivity index (χ2n) is 6.17. The minimum Gasteiger partial charge on any atom is -0.346 e. The molecule has 22 heavy (non-hydrogen) atoms. The summed E-state index contributed by atoms with van der Waals surface area (Å²) >= 11 is 1.71. The van der Waals surface area contributed by atoms with Gasteiger partial charge in [-0.3, -0.25) is 4.98 Å². The molecule has 0 spiro atoms. The Bertz CT molecular complexity index is 606. The fourth-order valence-corrected chi connectivity index (χ4v) is 3.62. The molecule has 118 valence electrons. The molecule has 0 atom stereocenters. The van der Waals surface area contributed by atoms with Crippen LogP contribution in [0, 0.1) is 12.8 Å². The molecule has 2 heterocycles. The van der Waals surface area contributed by atoms with E-state index in [4.69, 9.17) is 0 Å². The predicted octanol–water partition coefficient (Wildman–Crippen LogP) is 4.32. The Labute approximate surface area is 136 Å². The summed E-state index contributed by atoms with van der Waals surface area (Å²) in [6, 6.07) is 4.09. The monoisotopic (exact) mass is 316 g/mol. The molecule has 5 heteroatoms. The van der Waals surface area contributed by atoms with Crippen LogP contribution >= 0.6 is 11.3 Å². The Hall–Kier alpha value is -1.49. The van der Waals surface area contributed by atoms with Crippen LogP contribution < -0.4 is 4.90 Å². The summed E-state index contributed by atoms with van der Waals surface area (Å²) in [6.07, 6.45) is 8.42. The Kier molecular flexibility index (Phi) is 5.03. The summed E-state index contributed by atoms with van der Waals surface area (Å²) in [4.78, 5) is 6.70. The second kappa shape index (κ2) is 7.18. The van der Waals surface area contributed by atoms with Crippen LogP contribution in [-0.4, -0.2) is 28.3 Å². The molecule has 0 aliphatic heterocycles. The Morgan fingerprint density at radius 3 is 2.86 bits per heavy atom. The summed E-state index contributed by atoms with van der Waals surface area (Å²) in [7, 11) is 0. The Morgan fingerprint density at radius 2 is 2.18 bits per heavy atom. The van der Waals surface area contributed by atoms with Gasteiger partial charge in [-0.05, 0) is 44.2 Å². The zero-order valence-corrected chi connectivity index (χ0v) is 14.3. The number of hydrogen-bond donors (Lipinski definition) is 0. The number of anilines is 1. The van der Waals surface area contributed by atoms with E-state index in [2.05, 4.69) is 33.1 Å². The summed E-state index contributed by atoms with van der Waals surface area (Å²) in [5, 5.41) is 10.9. The van der Waals surface area contributed by atoms with Gasteiger partial charge in [-0.15, -0.1) is 10.2 Å². The van der Waals surface area contributed by atoms with Crippen LogP contribution in [0.5, 0.6) is 0 Å². The van der Waals surface area contributed by atoms with Gasteiger partial charge < -0.3 is 4.90 Å². The molecular weight excluding hydrogens is 292 g/mol. The van der Waals surface area contributed by atoms with Crippen molar-refractivity contribution < 1.29 is 0 Å². The molecule has 0 N–H and O–H groups in total. The normalized spacial score (nSPS) is 14.8. The first-order valence-electron chi connectivity index (χ1n) is 8.27. The lowest BCUT2D eigenvalue weighted by molar-refractivity contribution is 0.317. The highest BCUT2D eigenvalue weighted by Crippen LogP contribution is 2.32. The molecule has 0 aromatic carbocycles. The molecule has 0 bridgehead atoms. The van der Waals surface area contributed by atoms with Gasteiger partial charge in [0, 0.05) is 30.5 Å². The molecule has 3 rings (SSSR count). The van der Waals surface area contributed by atoms with E-state index in [9.17, 15) is 0 Å². The van der Waals surface area contributed by atoms with Crippen LogP contribution in [0.2, 0.25) is 0 Å². The molecular formula is C17H24N4S. The van der Waals surface area contributed by atoms with Gasteiger partial charge in [0.2, 0.25) is 5.13 Å². The van der Waals surface area contributed by atoms with Crippen LogP contribution in [0.3, 0.4) is 0 Å². The van der Waals surface area contributed by atoms with Crippen LogP contribution in [-0.2, 0) is 0 Å². The van der Waals surface area contributed by atoms with E-state index in [1.165, 1.54) is 32.1 Å². The first-order valence-corrected chi connectivity index (χ1v) is 9.09. The van der Waals surface area contributed by atoms with Gasteiger partial charge >= 0.3 is 0 Å². The van der Waals surface area contributed by atoms with Crippen molar-refractivity contribution in [2.45, 2.75) is 46.0 Å². The van der Waals surface area contributed by atoms with E-state index in [0.717, 1.165) is 40.4 Å². The van der Waals surface area contributed by atoms with Crippen LogP contribution in [0.15, 0.2) is 18.3 Å². The largest absolute Gasteiger partial charge is 0.346 e. The van der Waals surface area contributed by atoms with Crippen LogP contribution in [0.25, 0.3) is 10.6 Å². The third kappa shape index (κ3) is 3.64. The van der Waals surface area contributed by atoms with Gasteiger partial charge in [0.1, 0.15) is 5.01 Å². The Balaban J connectivity index is 1.76. The van der Waals surface area contributed by atoms with Gasteiger partial charge in [0.25, 0.3) is 0 Å². The molecule has 0 saturated heterocycles. The summed E-state index contributed by atoms with van der Waals surface area (Å²) < 4.78 is 0. The highest BCUT2D eigenvalue weighted by Gasteiger charge is 2.22. The molecule has 2 aromatic heterocycles. The van der Waals surface area contributed by atoms with Crippen molar-refractivity contribution in [1.82, 2.24) is 15.2 Å². The van der Waals surface area contributed by atoms with E-state index in [1.807, 2.05) is 19.2 Å². The third-order valence-corrected chi connectivity index (χ3v) is 5.35. The van der Waals surface area contributed by atoms with Crippen molar-refractivity contribution in [2.24, 2.45) is 5.92 Å². The molecule has 1 aliphatic rings. The molecule has 2 aromatic rings. The quantitative estimate of drug-likeness (QED) is 0.763.